The van der Waals surface area contributed by atoms with Crippen LogP contribution in [0, 0.1) is 11.5 Å². The van der Waals surface area contributed by atoms with Crippen LogP contribution in [-0.4, -0.2) is 12.9 Å². The number of methoxy groups -OCH3 is 1. The molecule has 4 nitrogen and oxygen atoms in total. The lowest BCUT2D eigenvalue weighted by Gasteiger charge is -2.14. The van der Waals surface area contributed by atoms with Gasteiger partial charge in [0.25, 0.3) is 0 Å². The second-order valence-corrected chi connectivity index (χ2v) is 5.54. The van der Waals surface area contributed by atoms with E-state index in [1.54, 1.807) is 18.3 Å². The SMILES string of the molecule is COc1ccc(C(=NCc2cc(C(F)(F)F)cc(C(F)(F)F)c2)NC#N)cc1. The predicted octanol–water partition coefficient (Wildman–Crippen LogP) is 4.75. The Hall–Kier alpha value is -3.22. The molecule has 0 amide bonds. The number of halogens is 6. The van der Waals surface area contributed by atoms with Crippen LogP contribution in [0.3, 0.4) is 0 Å². The second-order valence-electron chi connectivity index (χ2n) is 5.54. The molecule has 2 rings (SSSR count). The molecule has 2 aromatic rings. The minimum Gasteiger partial charge on any atom is -0.497 e. The Morgan fingerprint density at radius 2 is 1.54 bits per heavy atom. The summed E-state index contributed by atoms with van der Waals surface area (Å²) in [6.07, 6.45) is -8.25. The van der Waals surface area contributed by atoms with Gasteiger partial charge in [-0.2, -0.15) is 31.6 Å². The van der Waals surface area contributed by atoms with E-state index >= 15 is 0 Å². The van der Waals surface area contributed by atoms with Crippen LogP contribution >= 0.6 is 0 Å². The molecule has 0 atom stereocenters. The molecule has 148 valence electrons. The zero-order chi connectivity index (χ0) is 20.9. The Morgan fingerprint density at radius 3 is 1.96 bits per heavy atom. The number of benzene rings is 2. The van der Waals surface area contributed by atoms with E-state index in [4.69, 9.17) is 10.00 Å². The fraction of sp³-hybridized carbons (Fsp3) is 0.222. The van der Waals surface area contributed by atoms with Gasteiger partial charge < -0.3 is 4.74 Å². The Balaban J connectivity index is 2.41. The zero-order valence-electron chi connectivity index (χ0n) is 14.3. The van der Waals surface area contributed by atoms with Crippen molar-refractivity contribution in [2.45, 2.75) is 18.9 Å². The number of rotatable bonds is 4. The van der Waals surface area contributed by atoms with Gasteiger partial charge in [0.05, 0.1) is 24.8 Å². The summed E-state index contributed by atoms with van der Waals surface area (Å²) in [5, 5.41) is 11.1. The largest absolute Gasteiger partial charge is 0.497 e. The van der Waals surface area contributed by atoms with Gasteiger partial charge in [-0.05, 0) is 48.0 Å². The Bertz CT molecular complexity index is 863. The molecule has 0 aliphatic heterocycles. The van der Waals surface area contributed by atoms with Gasteiger partial charge in [-0.3, -0.25) is 10.3 Å². The summed E-state index contributed by atoms with van der Waals surface area (Å²) in [4.78, 5) is 3.96. The van der Waals surface area contributed by atoms with E-state index in [1.807, 2.05) is 0 Å². The van der Waals surface area contributed by atoms with Crippen molar-refractivity contribution in [2.75, 3.05) is 7.11 Å². The van der Waals surface area contributed by atoms with Crippen molar-refractivity contribution in [3.8, 4) is 11.9 Å². The van der Waals surface area contributed by atoms with Crippen LogP contribution in [0.5, 0.6) is 5.75 Å². The van der Waals surface area contributed by atoms with E-state index in [-0.39, 0.29) is 17.5 Å². The van der Waals surface area contributed by atoms with E-state index in [1.165, 1.54) is 19.2 Å². The van der Waals surface area contributed by atoms with Gasteiger partial charge in [0.1, 0.15) is 11.6 Å². The highest BCUT2D eigenvalue weighted by Gasteiger charge is 2.36. The molecule has 2 aromatic carbocycles. The summed E-state index contributed by atoms with van der Waals surface area (Å²) < 4.78 is 82.5. The average Bonchev–Trinajstić information content (AvgIpc) is 2.63. The van der Waals surface area contributed by atoms with E-state index in [0.717, 1.165) is 0 Å². The molecule has 0 aromatic heterocycles. The number of nitriles is 1. The first-order valence-electron chi connectivity index (χ1n) is 7.67. The number of nitrogens with one attached hydrogen (secondary N) is 1. The van der Waals surface area contributed by atoms with Crippen molar-refractivity contribution >= 4 is 5.84 Å². The minimum absolute atomic E-state index is 0.00359. The van der Waals surface area contributed by atoms with Crippen molar-refractivity contribution in [1.82, 2.24) is 5.32 Å². The molecule has 0 aliphatic rings. The van der Waals surface area contributed by atoms with Gasteiger partial charge >= 0.3 is 12.4 Å². The maximum Gasteiger partial charge on any atom is 0.416 e. The van der Waals surface area contributed by atoms with Crippen LogP contribution in [0.1, 0.15) is 22.3 Å². The van der Waals surface area contributed by atoms with Crippen molar-refractivity contribution < 1.29 is 31.1 Å². The maximum absolute atomic E-state index is 12.9. The number of nitrogens with zero attached hydrogens (tertiary/aromatic N) is 2. The summed E-state index contributed by atoms with van der Waals surface area (Å²) in [6, 6.07) is 7.44. The second kappa shape index (κ2) is 8.21. The van der Waals surface area contributed by atoms with Crippen molar-refractivity contribution in [1.29, 1.82) is 5.26 Å². The zero-order valence-corrected chi connectivity index (χ0v) is 14.3. The highest BCUT2D eigenvalue weighted by molar-refractivity contribution is 5.99. The van der Waals surface area contributed by atoms with Gasteiger partial charge in [-0.15, -0.1) is 0 Å². The molecule has 0 heterocycles. The van der Waals surface area contributed by atoms with Crippen LogP contribution < -0.4 is 10.1 Å². The quantitative estimate of drug-likeness (QED) is 0.265. The minimum atomic E-state index is -4.94. The number of hydrogen-bond donors (Lipinski definition) is 1. The Kier molecular flexibility index (Phi) is 6.18. The number of alkyl halides is 6. The molecule has 1 N–H and O–H groups in total. The highest BCUT2D eigenvalue weighted by Crippen LogP contribution is 2.36. The van der Waals surface area contributed by atoms with Crippen LogP contribution in [0.2, 0.25) is 0 Å². The lowest BCUT2D eigenvalue weighted by Crippen LogP contribution is -2.19. The maximum atomic E-state index is 12.9. The van der Waals surface area contributed by atoms with E-state index in [9.17, 15) is 26.3 Å². The molecule has 0 bridgehead atoms. The van der Waals surface area contributed by atoms with Crippen LogP contribution in [0.25, 0.3) is 0 Å². The molecule has 0 unspecified atom stereocenters. The summed E-state index contributed by atoms with van der Waals surface area (Å²) >= 11 is 0. The van der Waals surface area contributed by atoms with Crippen LogP contribution in [0.15, 0.2) is 47.5 Å². The Morgan fingerprint density at radius 1 is 1.00 bits per heavy atom. The van der Waals surface area contributed by atoms with Crippen molar-refractivity contribution in [3.63, 3.8) is 0 Å². The molecule has 0 saturated carbocycles. The van der Waals surface area contributed by atoms with E-state index < -0.39 is 30.0 Å². The number of ether oxygens (including phenoxy) is 1. The standard InChI is InChI=1S/C18H13F6N3O/c1-28-15-4-2-12(3-5-15)16(27-10-25)26-9-11-6-13(17(19,20)21)8-14(7-11)18(22,23)24/h2-8H,9H2,1H3,(H,26,27). The van der Waals surface area contributed by atoms with Gasteiger partial charge in [0.15, 0.2) is 6.19 Å². The molecule has 28 heavy (non-hydrogen) atoms. The molecule has 0 saturated heterocycles. The van der Waals surface area contributed by atoms with Crippen molar-refractivity contribution in [3.05, 3.63) is 64.7 Å². The highest BCUT2D eigenvalue weighted by atomic mass is 19.4. The van der Waals surface area contributed by atoms with Crippen LogP contribution in [-0.2, 0) is 18.9 Å². The van der Waals surface area contributed by atoms with E-state index in [2.05, 4.69) is 10.3 Å². The van der Waals surface area contributed by atoms with Gasteiger partial charge in [0, 0.05) is 5.56 Å². The average molecular weight is 401 g/mol. The smallest absolute Gasteiger partial charge is 0.416 e. The van der Waals surface area contributed by atoms with Gasteiger partial charge in [-0.1, -0.05) is 0 Å². The third kappa shape index (κ3) is 5.39. The molecule has 10 heteroatoms. The first-order valence-corrected chi connectivity index (χ1v) is 7.67. The van der Waals surface area contributed by atoms with Gasteiger partial charge in [-0.25, -0.2) is 0 Å². The molecule has 0 spiro atoms. The van der Waals surface area contributed by atoms with Crippen LogP contribution in [0.4, 0.5) is 26.3 Å². The normalized spacial score (nSPS) is 12.4. The summed E-state index contributed by atoms with van der Waals surface area (Å²) in [5.41, 5.74) is -2.74. The molecule has 0 fully saturated rings. The third-order valence-electron chi connectivity index (χ3n) is 3.60. The summed E-state index contributed by atoms with van der Waals surface area (Å²) in [6.45, 7) is -0.497. The first kappa shape index (κ1) is 21.1. The fourth-order valence-corrected chi connectivity index (χ4v) is 2.29. The topological polar surface area (TPSA) is 57.4 Å². The van der Waals surface area contributed by atoms with Gasteiger partial charge in [0.2, 0.25) is 0 Å². The number of aliphatic imine (C=N–C) groups is 1. The van der Waals surface area contributed by atoms with E-state index in [0.29, 0.717) is 23.4 Å². The lowest BCUT2D eigenvalue weighted by molar-refractivity contribution is -0.143. The summed E-state index contributed by atoms with van der Waals surface area (Å²) in [5.74, 6) is 0.517. The predicted molar refractivity (Wildman–Crippen MR) is 88.4 cm³/mol. The first-order chi connectivity index (χ1) is 13.0. The fourth-order valence-electron chi connectivity index (χ4n) is 2.29. The summed E-state index contributed by atoms with van der Waals surface area (Å²) in [7, 11) is 1.45. The number of amidine groups is 1. The monoisotopic (exact) mass is 401 g/mol. The molecular weight excluding hydrogens is 388 g/mol. The lowest BCUT2D eigenvalue weighted by atomic mass is 10.0. The Labute approximate surface area is 156 Å². The van der Waals surface area contributed by atoms with Crippen molar-refractivity contribution in [2.24, 2.45) is 4.99 Å². The third-order valence-corrected chi connectivity index (χ3v) is 3.60. The molecular formula is C18H13F6N3O. The molecule has 0 aliphatic carbocycles. The molecule has 0 radical (unpaired) electrons. The number of hydrogen-bond acceptors (Lipinski definition) is 3.